The van der Waals surface area contributed by atoms with Gasteiger partial charge in [0.2, 0.25) is 0 Å². The van der Waals surface area contributed by atoms with Gasteiger partial charge >= 0.3 is 5.69 Å². The van der Waals surface area contributed by atoms with E-state index in [9.17, 15) is 9.59 Å². The lowest BCUT2D eigenvalue weighted by Crippen LogP contribution is -2.25. The van der Waals surface area contributed by atoms with E-state index in [1.165, 1.54) is 6.07 Å². The molecule has 1 fully saturated rings. The van der Waals surface area contributed by atoms with Crippen molar-refractivity contribution in [1.82, 2.24) is 29.9 Å². The van der Waals surface area contributed by atoms with Crippen molar-refractivity contribution in [2.24, 2.45) is 0 Å². The van der Waals surface area contributed by atoms with Crippen LogP contribution in [-0.2, 0) is 6.54 Å². The molecule has 0 amide bonds. The summed E-state index contributed by atoms with van der Waals surface area (Å²) in [5.74, 6) is 0.176. The second kappa shape index (κ2) is 5.88. The minimum atomic E-state index is -0.444. The maximum Gasteiger partial charge on any atom is 0.325 e. The van der Waals surface area contributed by atoms with Gasteiger partial charge in [0.15, 0.2) is 0 Å². The van der Waals surface area contributed by atoms with E-state index < -0.39 is 5.69 Å². The Morgan fingerprint density at radius 3 is 2.86 bits per heavy atom. The molecule has 2 aromatic heterocycles. The maximum atomic E-state index is 11.4. The van der Waals surface area contributed by atoms with Gasteiger partial charge in [0.1, 0.15) is 0 Å². The molecule has 3 heterocycles. The highest BCUT2D eigenvalue weighted by Crippen LogP contribution is 2.25. The molecule has 1 aliphatic rings. The van der Waals surface area contributed by atoms with Crippen LogP contribution < -0.4 is 11.2 Å². The summed E-state index contributed by atoms with van der Waals surface area (Å²) in [4.78, 5) is 29.9. The third-order valence-electron chi connectivity index (χ3n) is 3.97. The highest BCUT2D eigenvalue weighted by molar-refractivity contribution is 5.09. The van der Waals surface area contributed by atoms with Crippen LogP contribution in [0, 0.1) is 0 Å². The Bertz CT molecular complexity index is 731. The molecule has 0 bridgehead atoms. The van der Waals surface area contributed by atoms with Gasteiger partial charge in [-0.05, 0) is 26.8 Å². The number of aromatic nitrogens is 5. The van der Waals surface area contributed by atoms with Crippen LogP contribution in [0.15, 0.2) is 21.9 Å². The zero-order valence-corrected chi connectivity index (χ0v) is 12.7. The minimum Gasteiger partial charge on any atom is -0.311 e. The predicted molar refractivity (Wildman–Crippen MR) is 80.7 cm³/mol. The molecule has 1 unspecified atom stereocenters. The number of H-pyrrole nitrogens is 2. The third kappa shape index (κ3) is 3.16. The first-order valence-corrected chi connectivity index (χ1v) is 7.48. The molecule has 0 spiro atoms. The summed E-state index contributed by atoms with van der Waals surface area (Å²) in [6.45, 7) is 6.57. The molecule has 0 radical (unpaired) electrons. The molecule has 3 rings (SSSR count). The molecule has 2 N–H and O–H groups in total. The minimum absolute atomic E-state index is 0.176. The molecule has 1 saturated heterocycles. The topological polar surface area (TPSA) is 99.7 Å². The van der Waals surface area contributed by atoms with Crippen LogP contribution in [0.25, 0.3) is 0 Å². The Balaban J connectivity index is 1.66. The molecule has 0 aliphatic carbocycles. The van der Waals surface area contributed by atoms with E-state index in [-0.39, 0.29) is 11.5 Å². The first-order chi connectivity index (χ1) is 10.5. The van der Waals surface area contributed by atoms with Crippen LogP contribution in [0.2, 0.25) is 0 Å². The molecule has 0 saturated carbocycles. The quantitative estimate of drug-likeness (QED) is 0.842. The average Bonchev–Trinajstić information content (AvgIpc) is 3.07. The molecule has 0 aromatic carbocycles. The SMILES string of the molecule is CC(C)n1cc(CN2CCC(c3cc(=O)[nH]c(=O)[nH]3)C2)nn1. The summed E-state index contributed by atoms with van der Waals surface area (Å²) in [5.41, 5.74) is 0.855. The Kier molecular flexibility index (Phi) is 3.93. The third-order valence-corrected chi connectivity index (χ3v) is 3.97. The lowest BCUT2D eigenvalue weighted by Gasteiger charge is -2.14. The first kappa shape index (κ1) is 14.7. The molecule has 8 heteroatoms. The van der Waals surface area contributed by atoms with Crippen LogP contribution in [0.3, 0.4) is 0 Å². The Morgan fingerprint density at radius 2 is 2.18 bits per heavy atom. The molecule has 8 nitrogen and oxygen atoms in total. The first-order valence-electron chi connectivity index (χ1n) is 7.48. The summed E-state index contributed by atoms with van der Waals surface area (Å²) < 4.78 is 1.84. The maximum absolute atomic E-state index is 11.4. The highest BCUT2D eigenvalue weighted by Gasteiger charge is 2.25. The van der Waals surface area contributed by atoms with E-state index >= 15 is 0 Å². The largest absolute Gasteiger partial charge is 0.325 e. The van der Waals surface area contributed by atoms with Crippen molar-refractivity contribution in [3.8, 4) is 0 Å². The zero-order valence-electron chi connectivity index (χ0n) is 12.7. The van der Waals surface area contributed by atoms with Gasteiger partial charge in [-0.3, -0.25) is 14.7 Å². The fourth-order valence-corrected chi connectivity index (χ4v) is 2.80. The van der Waals surface area contributed by atoms with Gasteiger partial charge in [-0.15, -0.1) is 5.10 Å². The smallest absolute Gasteiger partial charge is 0.311 e. The molecule has 118 valence electrons. The summed E-state index contributed by atoms with van der Waals surface area (Å²) in [5, 5.41) is 8.29. The van der Waals surface area contributed by atoms with E-state index in [0.29, 0.717) is 11.7 Å². The fourth-order valence-electron chi connectivity index (χ4n) is 2.80. The molecule has 1 aliphatic heterocycles. The molecule has 2 aromatic rings. The van der Waals surface area contributed by atoms with Gasteiger partial charge in [0, 0.05) is 36.8 Å². The van der Waals surface area contributed by atoms with E-state index in [4.69, 9.17) is 0 Å². The van der Waals surface area contributed by atoms with Gasteiger partial charge in [0.25, 0.3) is 5.56 Å². The van der Waals surface area contributed by atoms with Crippen molar-refractivity contribution in [1.29, 1.82) is 0 Å². The van der Waals surface area contributed by atoms with Crippen molar-refractivity contribution >= 4 is 0 Å². The van der Waals surface area contributed by atoms with Crippen LogP contribution in [-0.4, -0.2) is 43.0 Å². The molecular weight excluding hydrogens is 284 g/mol. The average molecular weight is 304 g/mol. The number of nitrogens with zero attached hydrogens (tertiary/aromatic N) is 4. The van der Waals surface area contributed by atoms with E-state index in [1.807, 2.05) is 10.9 Å². The van der Waals surface area contributed by atoms with Gasteiger partial charge in [-0.2, -0.15) is 0 Å². The van der Waals surface area contributed by atoms with Gasteiger partial charge < -0.3 is 4.98 Å². The number of nitrogens with one attached hydrogen (secondary N) is 2. The Hall–Kier alpha value is -2.22. The summed E-state index contributed by atoms with van der Waals surface area (Å²) >= 11 is 0. The van der Waals surface area contributed by atoms with Gasteiger partial charge in [-0.1, -0.05) is 5.21 Å². The zero-order chi connectivity index (χ0) is 15.7. The number of hydrogen-bond acceptors (Lipinski definition) is 5. The summed E-state index contributed by atoms with van der Waals surface area (Å²) in [6, 6.07) is 1.78. The predicted octanol–water partition coefficient (Wildman–Crippen LogP) is 0.225. The lowest BCUT2D eigenvalue weighted by molar-refractivity contribution is 0.322. The van der Waals surface area contributed by atoms with Gasteiger partial charge in [-0.25, -0.2) is 9.48 Å². The van der Waals surface area contributed by atoms with Crippen molar-refractivity contribution in [3.05, 3.63) is 44.5 Å². The molecule has 1 atom stereocenters. The highest BCUT2D eigenvalue weighted by atomic mass is 16.2. The van der Waals surface area contributed by atoms with Crippen LogP contribution in [0.1, 0.15) is 43.6 Å². The fraction of sp³-hybridized carbons (Fsp3) is 0.571. The molecular formula is C14H20N6O2. The van der Waals surface area contributed by atoms with Crippen LogP contribution in [0.4, 0.5) is 0 Å². The monoisotopic (exact) mass is 304 g/mol. The Morgan fingerprint density at radius 1 is 1.36 bits per heavy atom. The van der Waals surface area contributed by atoms with E-state index in [0.717, 1.165) is 31.7 Å². The molecule has 22 heavy (non-hydrogen) atoms. The van der Waals surface area contributed by atoms with Crippen molar-refractivity contribution in [2.45, 2.75) is 38.8 Å². The second-order valence-electron chi connectivity index (χ2n) is 6.05. The van der Waals surface area contributed by atoms with E-state index in [1.54, 1.807) is 0 Å². The van der Waals surface area contributed by atoms with Gasteiger partial charge in [0.05, 0.1) is 11.9 Å². The van der Waals surface area contributed by atoms with E-state index in [2.05, 4.69) is 39.0 Å². The van der Waals surface area contributed by atoms with Crippen molar-refractivity contribution in [2.75, 3.05) is 13.1 Å². The lowest BCUT2D eigenvalue weighted by atomic mass is 10.1. The summed E-state index contributed by atoms with van der Waals surface area (Å²) in [6.07, 6.45) is 2.88. The van der Waals surface area contributed by atoms with Crippen molar-refractivity contribution < 1.29 is 0 Å². The second-order valence-corrected chi connectivity index (χ2v) is 6.05. The summed E-state index contributed by atoms with van der Waals surface area (Å²) in [7, 11) is 0. The normalized spacial score (nSPS) is 19.1. The van der Waals surface area contributed by atoms with Crippen LogP contribution >= 0.6 is 0 Å². The Labute approximate surface area is 127 Å². The van der Waals surface area contributed by atoms with Crippen LogP contribution in [0.5, 0.6) is 0 Å². The number of aromatic amines is 2. The number of hydrogen-bond donors (Lipinski definition) is 2. The standard InChI is InChI=1S/C14H20N6O2/c1-9(2)20-8-11(17-18-20)7-19-4-3-10(6-19)12-5-13(21)16-14(22)15-12/h5,8-10H,3-4,6-7H2,1-2H3,(H2,15,16,21,22). The number of likely N-dealkylation sites (tertiary alicyclic amines) is 1. The van der Waals surface area contributed by atoms with Crippen molar-refractivity contribution in [3.63, 3.8) is 0 Å². The number of rotatable bonds is 4.